The molecule has 0 spiro atoms. The minimum absolute atomic E-state index is 0.203. The Morgan fingerprint density at radius 3 is 2.80 bits per heavy atom. The normalized spacial score (nSPS) is 12.3. The molecule has 2 heterocycles. The number of pyridine rings is 1. The zero-order valence-electron chi connectivity index (χ0n) is 9.16. The van der Waals surface area contributed by atoms with Crippen LogP contribution in [-0.2, 0) is 6.42 Å². The molecule has 0 radical (unpaired) electrons. The third-order valence-corrected chi connectivity index (χ3v) is 2.27. The summed E-state index contributed by atoms with van der Waals surface area (Å²) in [6.07, 6.45) is 2.70. The van der Waals surface area contributed by atoms with Gasteiger partial charge in [0.2, 0.25) is 0 Å². The van der Waals surface area contributed by atoms with Crippen LogP contribution in [0.15, 0.2) is 18.3 Å². The van der Waals surface area contributed by atoms with Gasteiger partial charge in [0.1, 0.15) is 0 Å². The molecule has 0 fully saturated rings. The van der Waals surface area contributed by atoms with Crippen LogP contribution in [0, 0.1) is 5.41 Å². The van der Waals surface area contributed by atoms with Crippen molar-refractivity contribution in [3.8, 4) is 0 Å². The van der Waals surface area contributed by atoms with Crippen molar-refractivity contribution in [2.45, 2.75) is 27.2 Å². The number of halogens is 1. The van der Waals surface area contributed by atoms with Gasteiger partial charge in [-0.15, -0.1) is 0 Å². The summed E-state index contributed by atoms with van der Waals surface area (Å²) in [4.78, 5) is 4.43. The van der Waals surface area contributed by atoms with E-state index in [0.29, 0.717) is 5.02 Å². The Balaban J connectivity index is 2.39. The Labute approximate surface area is 94.1 Å². The summed E-state index contributed by atoms with van der Waals surface area (Å²) in [6.45, 7) is 6.52. The fourth-order valence-electron chi connectivity index (χ4n) is 1.45. The Morgan fingerprint density at radius 1 is 1.40 bits per heavy atom. The smallest absolute Gasteiger partial charge is 0.157 e. The van der Waals surface area contributed by atoms with Gasteiger partial charge in [-0.1, -0.05) is 32.4 Å². The molecule has 0 aromatic carbocycles. The summed E-state index contributed by atoms with van der Waals surface area (Å²) in [5.74, 6) is 0.866. The van der Waals surface area contributed by atoms with Crippen molar-refractivity contribution in [2.24, 2.45) is 5.41 Å². The maximum Gasteiger partial charge on any atom is 0.157 e. The van der Waals surface area contributed by atoms with E-state index < -0.39 is 0 Å². The second-order valence-corrected chi connectivity index (χ2v) is 5.35. The summed E-state index contributed by atoms with van der Waals surface area (Å²) >= 11 is 5.88. The molecule has 0 unspecified atom stereocenters. The van der Waals surface area contributed by atoms with Crippen molar-refractivity contribution in [3.63, 3.8) is 0 Å². The fourth-order valence-corrected chi connectivity index (χ4v) is 1.61. The van der Waals surface area contributed by atoms with Crippen LogP contribution in [0.25, 0.3) is 5.65 Å². The first kappa shape index (κ1) is 10.4. The number of fused-ring (bicyclic) bond motifs is 1. The monoisotopic (exact) mass is 223 g/mol. The molecular weight excluding hydrogens is 210 g/mol. The van der Waals surface area contributed by atoms with Gasteiger partial charge in [-0.3, -0.25) is 0 Å². The highest BCUT2D eigenvalue weighted by molar-refractivity contribution is 6.30. The summed E-state index contributed by atoms with van der Waals surface area (Å²) in [7, 11) is 0. The Morgan fingerprint density at radius 2 is 2.13 bits per heavy atom. The van der Waals surface area contributed by atoms with E-state index in [-0.39, 0.29) is 5.41 Å². The molecule has 0 bridgehead atoms. The predicted octanol–water partition coefficient (Wildman–Crippen LogP) is 2.97. The van der Waals surface area contributed by atoms with Gasteiger partial charge in [-0.2, -0.15) is 5.10 Å². The lowest BCUT2D eigenvalue weighted by Gasteiger charge is -2.14. The van der Waals surface area contributed by atoms with Crippen molar-refractivity contribution >= 4 is 17.2 Å². The van der Waals surface area contributed by atoms with E-state index in [9.17, 15) is 0 Å². The van der Waals surface area contributed by atoms with Crippen molar-refractivity contribution in [2.75, 3.05) is 0 Å². The Bertz CT molecular complexity index is 482. The van der Waals surface area contributed by atoms with Crippen LogP contribution in [0.2, 0.25) is 5.02 Å². The molecule has 0 N–H and O–H groups in total. The van der Waals surface area contributed by atoms with Gasteiger partial charge in [0, 0.05) is 23.7 Å². The topological polar surface area (TPSA) is 30.2 Å². The van der Waals surface area contributed by atoms with Crippen molar-refractivity contribution in [1.82, 2.24) is 14.6 Å². The quantitative estimate of drug-likeness (QED) is 0.744. The van der Waals surface area contributed by atoms with Gasteiger partial charge in [0.15, 0.2) is 11.5 Å². The summed E-state index contributed by atoms with van der Waals surface area (Å²) in [5, 5.41) is 5.08. The average Bonchev–Trinajstić information content (AvgIpc) is 2.42. The van der Waals surface area contributed by atoms with Gasteiger partial charge in [0.25, 0.3) is 0 Å². The maximum atomic E-state index is 5.88. The van der Waals surface area contributed by atoms with Gasteiger partial charge < -0.3 is 0 Å². The highest BCUT2D eigenvalue weighted by Gasteiger charge is 2.15. The Kier molecular flexibility index (Phi) is 2.43. The fraction of sp³-hybridized carbons (Fsp3) is 0.455. The SMILES string of the molecule is CC(C)(C)Cc1nc2cc(Cl)ccn2n1. The lowest BCUT2D eigenvalue weighted by Crippen LogP contribution is -2.10. The molecular formula is C11H14ClN3. The largest absolute Gasteiger partial charge is 0.221 e. The summed E-state index contributed by atoms with van der Waals surface area (Å²) in [6, 6.07) is 3.63. The number of nitrogens with zero attached hydrogens (tertiary/aromatic N) is 3. The molecule has 0 amide bonds. The van der Waals surface area contributed by atoms with Crippen LogP contribution in [0.3, 0.4) is 0 Å². The van der Waals surface area contributed by atoms with Crippen LogP contribution in [0.4, 0.5) is 0 Å². The minimum atomic E-state index is 0.203. The first-order chi connectivity index (χ1) is 6.94. The molecule has 0 aliphatic heterocycles. The van der Waals surface area contributed by atoms with Gasteiger partial charge >= 0.3 is 0 Å². The number of hydrogen-bond acceptors (Lipinski definition) is 2. The Hall–Kier alpha value is -1.09. The predicted molar refractivity (Wildman–Crippen MR) is 61.2 cm³/mol. The molecule has 0 saturated heterocycles. The van der Waals surface area contributed by atoms with Crippen molar-refractivity contribution in [1.29, 1.82) is 0 Å². The van der Waals surface area contributed by atoms with E-state index in [1.807, 2.05) is 18.3 Å². The maximum absolute atomic E-state index is 5.88. The molecule has 0 saturated carbocycles. The van der Waals surface area contributed by atoms with Crippen LogP contribution in [-0.4, -0.2) is 14.6 Å². The van der Waals surface area contributed by atoms with E-state index in [4.69, 9.17) is 11.6 Å². The lowest BCUT2D eigenvalue weighted by molar-refractivity contribution is 0.401. The van der Waals surface area contributed by atoms with E-state index in [1.54, 1.807) is 4.52 Å². The first-order valence-electron chi connectivity index (χ1n) is 4.95. The molecule has 2 aromatic rings. The van der Waals surface area contributed by atoms with E-state index >= 15 is 0 Å². The first-order valence-corrected chi connectivity index (χ1v) is 5.33. The van der Waals surface area contributed by atoms with E-state index in [0.717, 1.165) is 17.9 Å². The standard InChI is InChI=1S/C11H14ClN3/c1-11(2,3)7-9-13-10-6-8(12)4-5-15(10)14-9/h4-6H,7H2,1-3H3. The molecule has 0 atom stereocenters. The van der Waals surface area contributed by atoms with Crippen LogP contribution in [0.5, 0.6) is 0 Å². The van der Waals surface area contributed by atoms with Crippen LogP contribution in [0.1, 0.15) is 26.6 Å². The second-order valence-electron chi connectivity index (χ2n) is 4.91. The molecule has 2 rings (SSSR count). The zero-order valence-corrected chi connectivity index (χ0v) is 9.91. The van der Waals surface area contributed by atoms with Crippen molar-refractivity contribution in [3.05, 3.63) is 29.2 Å². The molecule has 2 aromatic heterocycles. The number of hydrogen-bond donors (Lipinski definition) is 0. The van der Waals surface area contributed by atoms with E-state index in [2.05, 4.69) is 30.9 Å². The highest BCUT2D eigenvalue weighted by atomic mass is 35.5. The molecule has 4 heteroatoms. The van der Waals surface area contributed by atoms with Gasteiger partial charge in [0.05, 0.1) is 0 Å². The zero-order chi connectivity index (χ0) is 11.1. The third kappa shape index (κ3) is 2.48. The highest BCUT2D eigenvalue weighted by Crippen LogP contribution is 2.19. The minimum Gasteiger partial charge on any atom is -0.221 e. The number of aromatic nitrogens is 3. The van der Waals surface area contributed by atoms with Gasteiger partial charge in [-0.05, 0) is 11.5 Å². The van der Waals surface area contributed by atoms with Crippen LogP contribution < -0.4 is 0 Å². The molecule has 3 nitrogen and oxygen atoms in total. The summed E-state index contributed by atoms with van der Waals surface area (Å²) < 4.78 is 1.76. The summed E-state index contributed by atoms with van der Waals surface area (Å²) in [5.41, 5.74) is 1.01. The molecule has 0 aliphatic rings. The van der Waals surface area contributed by atoms with Gasteiger partial charge in [-0.25, -0.2) is 9.50 Å². The van der Waals surface area contributed by atoms with Crippen molar-refractivity contribution < 1.29 is 0 Å². The van der Waals surface area contributed by atoms with E-state index in [1.165, 1.54) is 0 Å². The number of rotatable bonds is 1. The third-order valence-electron chi connectivity index (χ3n) is 2.03. The average molecular weight is 224 g/mol. The second kappa shape index (κ2) is 3.49. The molecule has 80 valence electrons. The lowest BCUT2D eigenvalue weighted by atomic mass is 9.92. The van der Waals surface area contributed by atoms with Crippen LogP contribution >= 0.6 is 11.6 Å². The molecule has 15 heavy (non-hydrogen) atoms. The molecule has 0 aliphatic carbocycles.